The van der Waals surface area contributed by atoms with Crippen LogP contribution in [0.15, 0.2) is 0 Å². The van der Waals surface area contributed by atoms with E-state index in [2.05, 4.69) is 0 Å². The van der Waals surface area contributed by atoms with Gasteiger partial charge in [0.25, 0.3) is 0 Å². The van der Waals surface area contributed by atoms with E-state index in [4.69, 9.17) is 14.6 Å². The van der Waals surface area contributed by atoms with Gasteiger partial charge in [-0.25, -0.2) is 4.79 Å². The Hall–Kier alpha value is -1.08. The van der Waals surface area contributed by atoms with E-state index in [-0.39, 0.29) is 17.5 Å². The minimum Gasteiger partial charge on any atom is -0.478 e. The van der Waals surface area contributed by atoms with Crippen molar-refractivity contribution >= 4 is 28.8 Å². The van der Waals surface area contributed by atoms with Gasteiger partial charge in [0.2, 0.25) is 6.10 Å². The van der Waals surface area contributed by atoms with E-state index in [0.717, 1.165) is 11.8 Å². The molecular weight excluding hydrogens is 284 g/mol. The first-order valence-electron chi connectivity index (χ1n) is 6.23. The van der Waals surface area contributed by atoms with E-state index in [0.29, 0.717) is 0 Å². The Morgan fingerprint density at radius 1 is 1.25 bits per heavy atom. The van der Waals surface area contributed by atoms with Gasteiger partial charge in [-0.1, -0.05) is 18.7 Å². The summed E-state index contributed by atoms with van der Waals surface area (Å²) in [4.78, 5) is 33.6. The molecule has 0 aliphatic heterocycles. The highest BCUT2D eigenvalue weighted by Crippen LogP contribution is 2.13. The van der Waals surface area contributed by atoms with Crippen molar-refractivity contribution in [2.75, 3.05) is 12.4 Å². The third-order valence-electron chi connectivity index (χ3n) is 2.14. The van der Waals surface area contributed by atoms with Crippen LogP contribution in [0.5, 0.6) is 0 Å². The Morgan fingerprint density at radius 2 is 1.80 bits per heavy atom. The van der Waals surface area contributed by atoms with Crippen LogP contribution in [-0.4, -0.2) is 46.2 Å². The average molecular weight is 306 g/mol. The zero-order chi connectivity index (χ0) is 15.9. The molecule has 0 aromatic rings. The molecule has 0 heterocycles. The van der Waals surface area contributed by atoms with Crippen LogP contribution >= 0.6 is 11.8 Å². The number of hydrogen-bond acceptors (Lipinski definition) is 6. The van der Waals surface area contributed by atoms with Gasteiger partial charge >= 0.3 is 11.9 Å². The molecule has 0 rings (SSSR count). The fourth-order valence-electron chi connectivity index (χ4n) is 1.05. The highest BCUT2D eigenvalue weighted by molar-refractivity contribution is 8.13. The Bertz CT molecular complexity index is 360. The smallest absolute Gasteiger partial charge is 0.347 e. The van der Waals surface area contributed by atoms with Crippen LogP contribution in [0.4, 0.5) is 0 Å². The normalized spacial score (nSPS) is 14.4. The average Bonchev–Trinajstić information content (AvgIpc) is 2.29. The molecule has 0 spiro atoms. The first kappa shape index (κ1) is 18.9. The molecule has 20 heavy (non-hydrogen) atoms. The number of carbonyl (C=O) groups is 3. The maximum absolute atomic E-state index is 11.7. The third kappa shape index (κ3) is 8.92. The van der Waals surface area contributed by atoms with Gasteiger partial charge in [-0.15, -0.1) is 0 Å². The minimum atomic E-state index is -1.34. The summed E-state index contributed by atoms with van der Waals surface area (Å²) in [6.07, 6.45) is -1.34. The molecule has 0 aromatic heterocycles. The maximum atomic E-state index is 11.7. The Balaban J connectivity index is 4.40. The monoisotopic (exact) mass is 306 g/mol. The number of aliphatic carboxylic acids is 1. The lowest BCUT2D eigenvalue weighted by Crippen LogP contribution is -2.36. The first-order valence-corrected chi connectivity index (χ1v) is 7.22. The van der Waals surface area contributed by atoms with Crippen LogP contribution in [0.1, 0.15) is 34.6 Å². The molecule has 0 amide bonds. The Labute approximate surface area is 123 Å². The fraction of sp³-hybridized carbons (Fsp3) is 0.769. The summed E-state index contributed by atoms with van der Waals surface area (Å²) >= 11 is 1.00. The molecule has 7 heteroatoms. The van der Waals surface area contributed by atoms with E-state index >= 15 is 0 Å². The largest absolute Gasteiger partial charge is 0.478 e. The third-order valence-corrected chi connectivity index (χ3v) is 3.21. The lowest BCUT2D eigenvalue weighted by atomic mass is 10.2. The quantitative estimate of drug-likeness (QED) is 0.716. The van der Waals surface area contributed by atoms with Gasteiger partial charge in [-0.3, -0.25) is 9.59 Å². The minimum absolute atomic E-state index is 0.101. The summed E-state index contributed by atoms with van der Waals surface area (Å²) < 4.78 is 10.2. The van der Waals surface area contributed by atoms with Gasteiger partial charge in [0.05, 0.1) is 18.1 Å². The highest BCUT2D eigenvalue weighted by atomic mass is 32.2. The van der Waals surface area contributed by atoms with Crippen molar-refractivity contribution < 1.29 is 29.0 Å². The molecule has 0 bridgehead atoms. The summed E-state index contributed by atoms with van der Waals surface area (Å²) in [7, 11) is 0. The van der Waals surface area contributed by atoms with Crippen LogP contribution in [-0.2, 0) is 23.9 Å². The second kappa shape index (κ2) is 8.26. The Morgan fingerprint density at radius 3 is 2.20 bits per heavy atom. The van der Waals surface area contributed by atoms with E-state index in [1.54, 1.807) is 27.7 Å². The van der Waals surface area contributed by atoms with Crippen molar-refractivity contribution in [1.29, 1.82) is 0 Å². The lowest BCUT2D eigenvalue weighted by molar-refractivity contribution is -0.173. The summed E-state index contributed by atoms with van der Waals surface area (Å²) in [5.41, 5.74) is -0.518. The molecule has 0 saturated heterocycles. The van der Waals surface area contributed by atoms with Gasteiger partial charge in [0.15, 0.2) is 5.12 Å². The Kier molecular flexibility index (Phi) is 7.82. The first-order chi connectivity index (χ1) is 9.03. The lowest BCUT2D eigenvalue weighted by Gasteiger charge is -2.23. The SMILES string of the molecule is CC(=O)SC[C@@H](C)C(=O)O[C@@H](COC(C)(C)C)C(=O)O. The molecule has 6 nitrogen and oxygen atoms in total. The number of thioether (sulfide) groups is 1. The zero-order valence-electron chi connectivity index (χ0n) is 12.5. The number of hydrogen-bond donors (Lipinski definition) is 1. The summed E-state index contributed by atoms with van der Waals surface area (Å²) in [5, 5.41) is 8.90. The van der Waals surface area contributed by atoms with Crippen molar-refractivity contribution in [2.45, 2.75) is 46.3 Å². The molecule has 0 unspecified atom stereocenters. The van der Waals surface area contributed by atoms with Gasteiger partial charge in [-0.05, 0) is 20.8 Å². The molecular formula is C13H22O6S. The molecule has 1 N–H and O–H groups in total. The second-order valence-corrected chi connectivity index (χ2v) is 6.59. The second-order valence-electron chi connectivity index (χ2n) is 5.39. The summed E-state index contributed by atoms with van der Waals surface area (Å²) in [6, 6.07) is 0. The van der Waals surface area contributed by atoms with Crippen molar-refractivity contribution in [1.82, 2.24) is 0 Å². The van der Waals surface area contributed by atoms with Crippen molar-refractivity contribution in [3.05, 3.63) is 0 Å². The summed E-state index contributed by atoms with van der Waals surface area (Å²) in [6.45, 7) is 8.11. The van der Waals surface area contributed by atoms with Crippen molar-refractivity contribution in [2.24, 2.45) is 5.92 Å². The molecule has 0 aliphatic carbocycles. The molecule has 0 saturated carbocycles. The molecule has 0 radical (unpaired) electrons. The van der Waals surface area contributed by atoms with E-state index in [9.17, 15) is 14.4 Å². The number of rotatable bonds is 7. The number of carboxylic acids is 1. The zero-order valence-corrected chi connectivity index (χ0v) is 13.3. The highest BCUT2D eigenvalue weighted by Gasteiger charge is 2.27. The van der Waals surface area contributed by atoms with Crippen LogP contribution in [0, 0.1) is 5.92 Å². The predicted molar refractivity (Wildman–Crippen MR) is 75.5 cm³/mol. The standard InChI is InChI=1S/C13H22O6S/c1-8(7-20-9(2)14)12(17)19-10(11(15)16)6-18-13(3,4)5/h8,10H,6-7H2,1-5H3,(H,15,16)/t8-,10+/m1/s1. The van der Waals surface area contributed by atoms with Crippen LogP contribution in [0.25, 0.3) is 0 Å². The fourth-order valence-corrected chi connectivity index (χ4v) is 1.67. The van der Waals surface area contributed by atoms with Crippen LogP contribution < -0.4 is 0 Å². The predicted octanol–water partition coefficient (Wildman–Crippen LogP) is 1.71. The molecule has 116 valence electrons. The van der Waals surface area contributed by atoms with Crippen molar-refractivity contribution in [3.63, 3.8) is 0 Å². The van der Waals surface area contributed by atoms with Gasteiger partial charge in [-0.2, -0.15) is 0 Å². The van der Waals surface area contributed by atoms with Gasteiger partial charge < -0.3 is 14.6 Å². The van der Waals surface area contributed by atoms with E-state index in [1.807, 2.05) is 0 Å². The van der Waals surface area contributed by atoms with E-state index in [1.165, 1.54) is 6.92 Å². The number of ether oxygens (including phenoxy) is 2. The summed E-state index contributed by atoms with van der Waals surface area (Å²) in [5.74, 6) is -2.20. The molecule has 2 atom stereocenters. The van der Waals surface area contributed by atoms with Gasteiger partial charge in [0.1, 0.15) is 0 Å². The van der Waals surface area contributed by atoms with E-state index < -0.39 is 29.6 Å². The number of carboxylic acid groups (broad SMARTS) is 1. The van der Waals surface area contributed by atoms with Crippen LogP contribution in [0.3, 0.4) is 0 Å². The number of esters is 1. The number of carbonyl (C=O) groups excluding carboxylic acids is 2. The molecule has 0 aromatic carbocycles. The van der Waals surface area contributed by atoms with Crippen LogP contribution in [0.2, 0.25) is 0 Å². The molecule has 0 fully saturated rings. The van der Waals surface area contributed by atoms with Gasteiger partial charge in [0, 0.05) is 12.7 Å². The maximum Gasteiger partial charge on any atom is 0.347 e. The topological polar surface area (TPSA) is 89.9 Å². The molecule has 0 aliphatic rings. The van der Waals surface area contributed by atoms with Crippen molar-refractivity contribution in [3.8, 4) is 0 Å².